The smallest absolute Gasteiger partial charge is 0.213 e. The summed E-state index contributed by atoms with van der Waals surface area (Å²) < 4.78 is 10.4. The highest BCUT2D eigenvalue weighted by atomic mass is 16.5. The first kappa shape index (κ1) is 8.29. The Bertz CT molecular complexity index is 628. The van der Waals surface area contributed by atoms with Crippen LogP contribution in [-0.2, 0) is 0 Å². The molecule has 0 aliphatic rings. The molecule has 0 saturated heterocycles. The van der Waals surface area contributed by atoms with Crippen molar-refractivity contribution in [2.45, 2.75) is 0 Å². The fraction of sp³-hybridized carbons (Fsp3) is 0.0833. The minimum absolute atomic E-state index is 0.621. The summed E-state index contributed by atoms with van der Waals surface area (Å²) in [6.07, 6.45) is 1.67. The first-order valence-corrected chi connectivity index (χ1v) is 4.69. The van der Waals surface area contributed by atoms with Gasteiger partial charge < -0.3 is 9.15 Å². The van der Waals surface area contributed by atoms with Crippen molar-refractivity contribution in [3.63, 3.8) is 0 Å². The van der Waals surface area contributed by atoms with Crippen molar-refractivity contribution in [1.82, 2.24) is 4.98 Å². The molecule has 74 valence electrons. The molecular formula is C12H9NO2. The first-order chi connectivity index (χ1) is 7.38. The van der Waals surface area contributed by atoms with Crippen molar-refractivity contribution in [2.24, 2.45) is 0 Å². The van der Waals surface area contributed by atoms with Gasteiger partial charge >= 0.3 is 0 Å². The Kier molecular flexibility index (Phi) is 1.65. The Balaban J connectivity index is 2.48. The second-order valence-electron chi connectivity index (χ2n) is 3.32. The lowest BCUT2D eigenvalue weighted by Crippen LogP contribution is -1.87. The average Bonchev–Trinajstić information content (AvgIpc) is 2.76. The third-order valence-corrected chi connectivity index (χ3v) is 2.47. The Labute approximate surface area is 86.3 Å². The maximum atomic E-state index is 5.32. The van der Waals surface area contributed by atoms with E-state index >= 15 is 0 Å². The molecule has 0 N–H and O–H groups in total. The van der Waals surface area contributed by atoms with E-state index in [1.807, 2.05) is 30.3 Å². The van der Waals surface area contributed by atoms with Gasteiger partial charge in [-0.3, -0.25) is 0 Å². The number of methoxy groups -OCH3 is 1. The number of rotatable bonds is 1. The fourth-order valence-electron chi connectivity index (χ4n) is 1.73. The highest BCUT2D eigenvalue weighted by Crippen LogP contribution is 2.26. The normalized spacial score (nSPS) is 11.0. The standard InChI is InChI=1S/C12H9NO2/c1-14-11-5-3-8-2-4-10-9(6-7-15-10)12(8)13-11/h2-7H,1H3. The minimum atomic E-state index is 0.621. The van der Waals surface area contributed by atoms with E-state index in [0.29, 0.717) is 5.88 Å². The molecule has 0 unspecified atom stereocenters. The molecule has 2 heterocycles. The van der Waals surface area contributed by atoms with Crippen LogP contribution in [0.1, 0.15) is 0 Å². The van der Waals surface area contributed by atoms with Gasteiger partial charge in [0, 0.05) is 16.8 Å². The lowest BCUT2D eigenvalue weighted by Gasteiger charge is -2.01. The minimum Gasteiger partial charge on any atom is -0.481 e. The summed E-state index contributed by atoms with van der Waals surface area (Å²) in [6.45, 7) is 0. The van der Waals surface area contributed by atoms with Gasteiger partial charge in [0.1, 0.15) is 5.58 Å². The number of benzene rings is 1. The van der Waals surface area contributed by atoms with Crippen LogP contribution in [0.5, 0.6) is 5.88 Å². The van der Waals surface area contributed by atoms with Crippen LogP contribution in [0.4, 0.5) is 0 Å². The van der Waals surface area contributed by atoms with Crippen LogP contribution >= 0.6 is 0 Å². The van der Waals surface area contributed by atoms with Crippen LogP contribution in [0.3, 0.4) is 0 Å². The van der Waals surface area contributed by atoms with Gasteiger partial charge in [-0.2, -0.15) is 0 Å². The van der Waals surface area contributed by atoms with Crippen LogP contribution in [-0.4, -0.2) is 12.1 Å². The van der Waals surface area contributed by atoms with Gasteiger partial charge in [0.2, 0.25) is 5.88 Å². The van der Waals surface area contributed by atoms with Crippen LogP contribution < -0.4 is 4.74 Å². The maximum absolute atomic E-state index is 5.32. The molecule has 1 aromatic carbocycles. The number of hydrogen-bond donors (Lipinski definition) is 0. The summed E-state index contributed by atoms with van der Waals surface area (Å²) >= 11 is 0. The Morgan fingerprint density at radius 1 is 1.13 bits per heavy atom. The third-order valence-electron chi connectivity index (χ3n) is 2.47. The number of hydrogen-bond acceptors (Lipinski definition) is 3. The largest absolute Gasteiger partial charge is 0.481 e. The molecule has 0 aliphatic carbocycles. The lowest BCUT2D eigenvalue weighted by molar-refractivity contribution is 0.399. The summed E-state index contributed by atoms with van der Waals surface area (Å²) in [5, 5.41) is 2.11. The molecule has 2 aromatic heterocycles. The Morgan fingerprint density at radius 3 is 2.87 bits per heavy atom. The molecule has 3 nitrogen and oxygen atoms in total. The molecule has 0 radical (unpaired) electrons. The first-order valence-electron chi connectivity index (χ1n) is 4.69. The van der Waals surface area contributed by atoms with E-state index in [2.05, 4.69) is 4.98 Å². The second-order valence-corrected chi connectivity index (χ2v) is 3.32. The Hall–Kier alpha value is -2.03. The number of nitrogens with zero attached hydrogens (tertiary/aromatic N) is 1. The molecule has 0 fully saturated rings. The van der Waals surface area contributed by atoms with Gasteiger partial charge in [-0.1, -0.05) is 0 Å². The number of ether oxygens (including phenoxy) is 1. The predicted molar refractivity (Wildman–Crippen MR) is 58.1 cm³/mol. The van der Waals surface area contributed by atoms with Crippen LogP contribution in [0.15, 0.2) is 41.0 Å². The van der Waals surface area contributed by atoms with Crippen molar-refractivity contribution >= 4 is 21.9 Å². The van der Waals surface area contributed by atoms with Gasteiger partial charge in [-0.15, -0.1) is 0 Å². The van der Waals surface area contributed by atoms with E-state index in [-0.39, 0.29) is 0 Å². The van der Waals surface area contributed by atoms with E-state index in [9.17, 15) is 0 Å². The Morgan fingerprint density at radius 2 is 2.00 bits per heavy atom. The predicted octanol–water partition coefficient (Wildman–Crippen LogP) is 2.99. The zero-order valence-corrected chi connectivity index (χ0v) is 8.23. The summed E-state index contributed by atoms with van der Waals surface area (Å²) in [5.74, 6) is 0.621. The summed E-state index contributed by atoms with van der Waals surface area (Å²) in [7, 11) is 1.61. The second kappa shape index (κ2) is 2.98. The zero-order chi connectivity index (χ0) is 10.3. The van der Waals surface area contributed by atoms with E-state index in [1.54, 1.807) is 13.4 Å². The van der Waals surface area contributed by atoms with Crippen LogP contribution in [0.25, 0.3) is 21.9 Å². The van der Waals surface area contributed by atoms with E-state index in [0.717, 1.165) is 21.9 Å². The van der Waals surface area contributed by atoms with Crippen molar-refractivity contribution in [1.29, 1.82) is 0 Å². The molecule has 0 spiro atoms. The van der Waals surface area contributed by atoms with Gasteiger partial charge in [-0.05, 0) is 24.3 Å². The molecule has 0 bridgehead atoms. The van der Waals surface area contributed by atoms with Crippen LogP contribution in [0.2, 0.25) is 0 Å². The third kappa shape index (κ3) is 1.16. The zero-order valence-electron chi connectivity index (χ0n) is 8.23. The van der Waals surface area contributed by atoms with Gasteiger partial charge in [0.25, 0.3) is 0 Å². The molecule has 3 aromatic rings. The SMILES string of the molecule is COc1ccc2ccc3occc3c2n1. The molecule has 15 heavy (non-hydrogen) atoms. The van der Waals surface area contributed by atoms with Gasteiger partial charge in [-0.25, -0.2) is 4.98 Å². The molecule has 0 atom stereocenters. The molecule has 3 heteroatoms. The van der Waals surface area contributed by atoms with E-state index in [4.69, 9.17) is 9.15 Å². The molecule has 0 amide bonds. The average molecular weight is 199 g/mol. The topological polar surface area (TPSA) is 35.3 Å². The van der Waals surface area contributed by atoms with Crippen molar-refractivity contribution in [3.05, 3.63) is 36.6 Å². The molecule has 3 rings (SSSR count). The quantitative estimate of drug-likeness (QED) is 0.604. The fourth-order valence-corrected chi connectivity index (χ4v) is 1.73. The number of pyridine rings is 1. The van der Waals surface area contributed by atoms with Crippen molar-refractivity contribution in [2.75, 3.05) is 7.11 Å². The number of fused-ring (bicyclic) bond motifs is 3. The van der Waals surface area contributed by atoms with Crippen LogP contribution in [0, 0.1) is 0 Å². The van der Waals surface area contributed by atoms with Crippen molar-refractivity contribution < 1.29 is 9.15 Å². The summed E-state index contributed by atoms with van der Waals surface area (Å²) in [5.41, 5.74) is 1.77. The summed E-state index contributed by atoms with van der Waals surface area (Å²) in [6, 6.07) is 9.71. The van der Waals surface area contributed by atoms with Gasteiger partial charge in [0.15, 0.2) is 0 Å². The lowest BCUT2D eigenvalue weighted by atomic mass is 10.1. The highest BCUT2D eigenvalue weighted by Gasteiger charge is 2.04. The molecule has 0 aliphatic heterocycles. The highest BCUT2D eigenvalue weighted by molar-refractivity contribution is 6.03. The van der Waals surface area contributed by atoms with Gasteiger partial charge in [0.05, 0.1) is 18.9 Å². The number of furan rings is 1. The number of aromatic nitrogens is 1. The van der Waals surface area contributed by atoms with E-state index < -0.39 is 0 Å². The van der Waals surface area contributed by atoms with Crippen molar-refractivity contribution in [3.8, 4) is 5.88 Å². The maximum Gasteiger partial charge on any atom is 0.213 e. The molecular weight excluding hydrogens is 190 g/mol. The monoisotopic (exact) mass is 199 g/mol. The molecule has 0 saturated carbocycles. The van der Waals surface area contributed by atoms with E-state index in [1.165, 1.54) is 0 Å². The summed E-state index contributed by atoms with van der Waals surface area (Å²) in [4.78, 5) is 4.41.